The quantitative estimate of drug-likeness (QED) is 0.218. The molecule has 0 bridgehead atoms. The van der Waals surface area contributed by atoms with Crippen LogP contribution in [-0.4, -0.2) is 76.9 Å². The SMILES string of the molecule is CCOC(=O)c1cc(-c2ccc(N(C)CCOC)cc2)c(C(=N)C(C)C)c(Nc2cccc(N3CCOCC3)c2)n1. The van der Waals surface area contributed by atoms with Gasteiger partial charge in [0.15, 0.2) is 5.69 Å². The Hall–Kier alpha value is -3.95. The fraction of sp³-hybridized carbons (Fsp3) is 0.406. The highest BCUT2D eigenvalue weighted by atomic mass is 16.5. The van der Waals surface area contributed by atoms with Crippen LogP contribution in [0.15, 0.2) is 54.6 Å². The van der Waals surface area contributed by atoms with E-state index in [1.165, 1.54) is 0 Å². The largest absolute Gasteiger partial charge is 0.461 e. The molecule has 2 aromatic carbocycles. The first-order valence-corrected chi connectivity index (χ1v) is 14.1. The molecule has 0 amide bonds. The number of hydrogen-bond donors (Lipinski definition) is 2. The van der Waals surface area contributed by atoms with Crippen LogP contribution in [0, 0.1) is 11.3 Å². The van der Waals surface area contributed by atoms with Crippen LogP contribution in [0.1, 0.15) is 36.8 Å². The number of likely N-dealkylation sites (N-methyl/N-ethyl adjacent to an activating group) is 1. The number of ether oxygens (including phenoxy) is 3. The summed E-state index contributed by atoms with van der Waals surface area (Å²) in [5, 5.41) is 12.5. The molecule has 1 aliphatic rings. The number of pyridine rings is 1. The first-order valence-electron chi connectivity index (χ1n) is 14.1. The van der Waals surface area contributed by atoms with E-state index < -0.39 is 5.97 Å². The lowest BCUT2D eigenvalue weighted by molar-refractivity contribution is 0.0519. The van der Waals surface area contributed by atoms with E-state index in [2.05, 4.69) is 27.2 Å². The number of carbonyl (C=O) groups excluding carboxylic acids is 1. The Labute approximate surface area is 242 Å². The Morgan fingerprint density at radius 3 is 2.54 bits per heavy atom. The van der Waals surface area contributed by atoms with Gasteiger partial charge in [0.25, 0.3) is 0 Å². The minimum Gasteiger partial charge on any atom is -0.461 e. The van der Waals surface area contributed by atoms with Gasteiger partial charge in [0.05, 0.1) is 26.4 Å². The summed E-state index contributed by atoms with van der Waals surface area (Å²) in [5.74, 6) is -0.120. The Kier molecular flexibility index (Phi) is 10.3. The van der Waals surface area contributed by atoms with Crippen molar-refractivity contribution in [2.45, 2.75) is 20.8 Å². The van der Waals surface area contributed by atoms with E-state index >= 15 is 0 Å². The lowest BCUT2D eigenvalue weighted by atomic mass is 9.91. The smallest absolute Gasteiger partial charge is 0.357 e. The van der Waals surface area contributed by atoms with Crippen molar-refractivity contribution in [2.75, 3.05) is 75.3 Å². The first kappa shape index (κ1) is 30.0. The van der Waals surface area contributed by atoms with Crippen LogP contribution in [0.5, 0.6) is 0 Å². The minimum atomic E-state index is -0.502. The van der Waals surface area contributed by atoms with Gasteiger partial charge in [0.1, 0.15) is 5.82 Å². The Bertz CT molecular complexity index is 1340. The number of rotatable bonds is 12. The molecule has 0 atom stereocenters. The van der Waals surface area contributed by atoms with Gasteiger partial charge in [0, 0.05) is 62.1 Å². The lowest BCUT2D eigenvalue weighted by Crippen LogP contribution is -2.36. The summed E-state index contributed by atoms with van der Waals surface area (Å²) in [6.45, 7) is 10.4. The number of aromatic nitrogens is 1. The topological polar surface area (TPSA) is 100 Å². The third kappa shape index (κ3) is 7.42. The molecule has 9 nitrogen and oxygen atoms in total. The number of nitrogens with one attached hydrogen (secondary N) is 2. The maximum atomic E-state index is 12.9. The highest BCUT2D eigenvalue weighted by molar-refractivity contribution is 6.10. The molecule has 9 heteroatoms. The van der Waals surface area contributed by atoms with Crippen LogP contribution < -0.4 is 15.1 Å². The summed E-state index contributed by atoms with van der Waals surface area (Å²) in [4.78, 5) is 22.1. The van der Waals surface area contributed by atoms with E-state index in [0.29, 0.717) is 36.9 Å². The average Bonchev–Trinajstić information content (AvgIpc) is 3.00. The van der Waals surface area contributed by atoms with E-state index in [-0.39, 0.29) is 18.2 Å². The summed E-state index contributed by atoms with van der Waals surface area (Å²) in [6.07, 6.45) is 0. The average molecular weight is 560 g/mol. The molecule has 4 rings (SSSR count). The third-order valence-electron chi connectivity index (χ3n) is 7.09. The number of morpholine rings is 1. The molecule has 3 aromatic rings. The molecule has 0 spiro atoms. The van der Waals surface area contributed by atoms with Gasteiger partial charge in [-0.05, 0) is 60.4 Å². The molecule has 0 aliphatic carbocycles. The van der Waals surface area contributed by atoms with E-state index in [1.54, 1.807) is 20.1 Å². The van der Waals surface area contributed by atoms with Crippen LogP contribution in [0.25, 0.3) is 11.1 Å². The third-order valence-corrected chi connectivity index (χ3v) is 7.09. The molecule has 0 radical (unpaired) electrons. The van der Waals surface area contributed by atoms with Crippen molar-refractivity contribution >= 4 is 34.6 Å². The normalized spacial score (nSPS) is 13.3. The standard InChI is InChI=1S/C32H41N5O4/c1-6-41-32(38)28-21-27(23-10-12-25(13-11-23)36(4)14-17-39-5)29(30(33)22(2)3)31(35-28)34-24-8-7-9-26(20-24)37-15-18-40-19-16-37/h7-13,20-22,33H,6,14-19H2,1-5H3,(H,34,35). The second kappa shape index (κ2) is 14.1. The summed E-state index contributed by atoms with van der Waals surface area (Å²) < 4.78 is 16.1. The second-order valence-corrected chi connectivity index (χ2v) is 10.3. The maximum Gasteiger partial charge on any atom is 0.357 e. The number of nitrogens with zero attached hydrogens (tertiary/aromatic N) is 3. The number of benzene rings is 2. The second-order valence-electron chi connectivity index (χ2n) is 10.3. The van der Waals surface area contributed by atoms with Crippen molar-refractivity contribution in [3.8, 4) is 11.1 Å². The van der Waals surface area contributed by atoms with E-state index in [1.807, 2.05) is 57.3 Å². The maximum absolute atomic E-state index is 12.9. The van der Waals surface area contributed by atoms with Gasteiger partial charge in [-0.2, -0.15) is 0 Å². The van der Waals surface area contributed by atoms with Crippen molar-refractivity contribution < 1.29 is 19.0 Å². The first-order chi connectivity index (χ1) is 19.8. The van der Waals surface area contributed by atoms with Gasteiger partial charge in [-0.1, -0.05) is 32.0 Å². The monoisotopic (exact) mass is 559 g/mol. The molecular formula is C32H41N5O4. The van der Waals surface area contributed by atoms with Gasteiger partial charge < -0.3 is 34.7 Å². The molecule has 1 aliphatic heterocycles. The molecule has 0 unspecified atom stereocenters. The van der Waals surface area contributed by atoms with Crippen molar-refractivity contribution in [2.24, 2.45) is 5.92 Å². The highest BCUT2D eigenvalue weighted by Gasteiger charge is 2.23. The van der Waals surface area contributed by atoms with Gasteiger partial charge in [-0.25, -0.2) is 9.78 Å². The molecule has 2 heterocycles. The van der Waals surface area contributed by atoms with Crippen molar-refractivity contribution in [3.63, 3.8) is 0 Å². The zero-order valence-electron chi connectivity index (χ0n) is 24.7. The predicted molar refractivity (Wildman–Crippen MR) is 165 cm³/mol. The Morgan fingerprint density at radius 1 is 1.15 bits per heavy atom. The fourth-order valence-corrected chi connectivity index (χ4v) is 4.73. The van der Waals surface area contributed by atoms with Crippen LogP contribution in [0.2, 0.25) is 0 Å². The van der Waals surface area contributed by atoms with Crippen LogP contribution >= 0.6 is 0 Å². The molecule has 1 fully saturated rings. The molecule has 1 aromatic heterocycles. The van der Waals surface area contributed by atoms with Crippen molar-refractivity contribution in [1.29, 1.82) is 5.41 Å². The van der Waals surface area contributed by atoms with Gasteiger partial charge in [0.2, 0.25) is 0 Å². The number of hydrogen-bond acceptors (Lipinski definition) is 9. The van der Waals surface area contributed by atoms with Crippen LogP contribution in [0.4, 0.5) is 22.9 Å². The number of anilines is 4. The molecule has 0 saturated carbocycles. The van der Waals surface area contributed by atoms with Crippen molar-refractivity contribution in [3.05, 3.63) is 65.9 Å². The zero-order chi connectivity index (χ0) is 29.4. The molecule has 1 saturated heterocycles. The van der Waals surface area contributed by atoms with Crippen molar-refractivity contribution in [1.82, 2.24) is 4.98 Å². The van der Waals surface area contributed by atoms with Gasteiger partial charge >= 0.3 is 5.97 Å². The number of esters is 1. The summed E-state index contributed by atoms with van der Waals surface area (Å²) in [5.41, 5.74) is 5.85. The summed E-state index contributed by atoms with van der Waals surface area (Å²) >= 11 is 0. The fourth-order valence-electron chi connectivity index (χ4n) is 4.73. The zero-order valence-corrected chi connectivity index (χ0v) is 24.7. The van der Waals surface area contributed by atoms with E-state index in [9.17, 15) is 4.79 Å². The lowest BCUT2D eigenvalue weighted by Gasteiger charge is -2.29. The van der Waals surface area contributed by atoms with Gasteiger partial charge in [-0.3, -0.25) is 0 Å². The number of methoxy groups -OCH3 is 1. The Morgan fingerprint density at radius 2 is 1.88 bits per heavy atom. The molecular weight excluding hydrogens is 518 g/mol. The highest BCUT2D eigenvalue weighted by Crippen LogP contribution is 2.34. The van der Waals surface area contributed by atoms with Crippen LogP contribution in [0.3, 0.4) is 0 Å². The number of carbonyl (C=O) groups is 1. The van der Waals surface area contributed by atoms with E-state index in [0.717, 1.165) is 47.8 Å². The Balaban J connectivity index is 1.80. The summed E-state index contributed by atoms with van der Waals surface area (Å²) in [6, 6.07) is 18.0. The molecule has 41 heavy (non-hydrogen) atoms. The van der Waals surface area contributed by atoms with E-state index in [4.69, 9.17) is 24.6 Å². The van der Waals surface area contributed by atoms with Crippen LogP contribution in [-0.2, 0) is 14.2 Å². The molecule has 218 valence electrons. The summed E-state index contributed by atoms with van der Waals surface area (Å²) in [7, 11) is 3.71. The predicted octanol–water partition coefficient (Wildman–Crippen LogP) is 5.61. The van der Waals surface area contributed by atoms with Gasteiger partial charge in [-0.15, -0.1) is 0 Å². The minimum absolute atomic E-state index is 0.0660. The molecule has 2 N–H and O–H groups in total.